The van der Waals surface area contributed by atoms with E-state index in [1.807, 2.05) is 17.1 Å². The highest BCUT2D eigenvalue weighted by Crippen LogP contribution is 2.15. The zero-order chi connectivity index (χ0) is 12.8. The quantitative estimate of drug-likeness (QED) is 0.838. The first-order valence-electron chi connectivity index (χ1n) is 6.62. The van der Waals surface area contributed by atoms with Crippen LogP contribution in [0.4, 0.5) is 5.69 Å². The number of anilines is 1. The molecule has 1 N–H and O–H groups in total. The SMILES string of the molecule is CCCC(C)CNc1cccc(-n2ccnc2)c1. The van der Waals surface area contributed by atoms with Gasteiger partial charge in [0.25, 0.3) is 0 Å². The summed E-state index contributed by atoms with van der Waals surface area (Å²) in [7, 11) is 0. The number of hydrogen-bond donors (Lipinski definition) is 1. The van der Waals surface area contributed by atoms with E-state index in [1.165, 1.54) is 18.5 Å². The van der Waals surface area contributed by atoms with E-state index in [-0.39, 0.29) is 0 Å². The first-order chi connectivity index (χ1) is 8.79. The number of nitrogens with one attached hydrogen (secondary N) is 1. The van der Waals surface area contributed by atoms with Gasteiger partial charge in [-0.25, -0.2) is 4.98 Å². The Morgan fingerprint density at radius 2 is 2.28 bits per heavy atom. The third kappa shape index (κ3) is 3.36. The van der Waals surface area contributed by atoms with Crippen molar-refractivity contribution in [3.63, 3.8) is 0 Å². The normalized spacial score (nSPS) is 12.3. The predicted octanol–water partition coefficient (Wildman–Crippen LogP) is 3.72. The highest BCUT2D eigenvalue weighted by atomic mass is 15.0. The lowest BCUT2D eigenvalue weighted by molar-refractivity contribution is 0.551. The van der Waals surface area contributed by atoms with E-state index in [4.69, 9.17) is 0 Å². The van der Waals surface area contributed by atoms with Crippen LogP contribution in [0.15, 0.2) is 43.0 Å². The third-order valence-corrected chi connectivity index (χ3v) is 3.08. The molecule has 18 heavy (non-hydrogen) atoms. The van der Waals surface area contributed by atoms with Crippen LogP contribution in [0.25, 0.3) is 5.69 Å². The summed E-state index contributed by atoms with van der Waals surface area (Å²) in [6.45, 7) is 5.55. The lowest BCUT2D eigenvalue weighted by Crippen LogP contribution is -2.11. The zero-order valence-electron chi connectivity index (χ0n) is 11.1. The molecule has 1 heterocycles. The van der Waals surface area contributed by atoms with E-state index >= 15 is 0 Å². The van der Waals surface area contributed by atoms with Gasteiger partial charge in [-0.15, -0.1) is 0 Å². The Hall–Kier alpha value is -1.77. The Labute approximate surface area is 109 Å². The maximum Gasteiger partial charge on any atom is 0.0991 e. The van der Waals surface area contributed by atoms with Gasteiger partial charge in [-0.3, -0.25) is 0 Å². The summed E-state index contributed by atoms with van der Waals surface area (Å²) in [4.78, 5) is 4.07. The second-order valence-electron chi connectivity index (χ2n) is 4.80. The van der Waals surface area contributed by atoms with Crippen LogP contribution in [0.5, 0.6) is 0 Å². The Balaban J connectivity index is 2.00. The fraction of sp³-hybridized carbons (Fsp3) is 0.400. The molecule has 0 aliphatic carbocycles. The summed E-state index contributed by atoms with van der Waals surface area (Å²) >= 11 is 0. The minimum Gasteiger partial charge on any atom is -0.385 e. The molecule has 1 unspecified atom stereocenters. The Bertz CT molecular complexity index is 462. The molecule has 0 aliphatic rings. The van der Waals surface area contributed by atoms with Crippen molar-refractivity contribution >= 4 is 5.69 Å². The summed E-state index contributed by atoms with van der Waals surface area (Å²) < 4.78 is 2.01. The van der Waals surface area contributed by atoms with Crippen molar-refractivity contribution in [1.29, 1.82) is 0 Å². The molecule has 96 valence electrons. The first kappa shape index (κ1) is 12.7. The van der Waals surface area contributed by atoms with Crippen LogP contribution in [0.1, 0.15) is 26.7 Å². The number of rotatable bonds is 6. The largest absolute Gasteiger partial charge is 0.385 e. The molecule has 0 radical (unpaired) electrons. The highest BCUT2D eigenvalue weighted by molar-refractivity contribution is 5.51. The van der Waals surface area contributed by atoms with Crippen molar-refractivity contribution in [2.75, 3.05) is 11.9 Å². The van der Waals surface area contributed by atoms with Gasteiger partial charge in [0.05, 0.1) is 6.33 Å². The summed E-state index contributed by atoms with van der Waals surface area (Å²) in [5.41, 5.74) is 2.31. The number of hydrogen-bond acceptors (Lipinski definition) is 2. The summed E-state index contributed by atoms with van der Waals surface area (Å²) in [5, 5.41) is 3.50. The molecule has 0 amide bonds. The van der Waals surface area contributed by atoms with Gasteiger partial charge in [-0.1, -0.05) is 26.3 Å². The Morgan fingerprint density at radius 1 is 1.39 bits per heavy atom. The molecule has 0 spiro atoms. The van der Waals surface area contributed by atoms with Crippen molar-refractivity contribution in [2.24, 2.45) is 5.92 Å². The second kappa shape index (κ2) is 6.24. The average Bonchev–Trinajstić information content (AvgIpc) is 2.91. The van der Waals surface area contributed by atoms with Gasteiger partial charge < -0.3 is 9.88 Å². The molecule has 2 aromatic rings. The molecule has 0 saturated heterocycles. The number of benzene rings is 1. The Morgan fingerprint density at radius 3 is 3.00 bits per heavy atom. The molecule has 0 aliphatic heterocycles. The highest BCUT2D eigenvalue weighted by Gasteiger charge is 2.01. The van der Waals surface area contributed by atoms with Crippen molar-refractivity contribution in [2.45, 2.75) is 26.7 Å². The van der Waals surface area contributed by atoms with E-state index in [9.17, 15) is 0 Å². The van der Waals surface area contributed by atoms with Crippen LogP contribution in [-0.4, -0.2) is 16.1 Å². The molecule has 1 atom stereocenters. The van der Waals surface area contributed by atoms with E-state index in [2.05, 4.69) is 48.4 Å². The van der Waals surface area contributed by atoms with Crippen LogP contribution in [0, 0.1) is 5.92 Å². The fourth-order valence-corrected chi connectivity index (χ4v) is 2.08. The summed E-state index contributed by atoms with van der Waals surface area (Å²) in [6, 6.07) is 8.42. The molecular weight excluding hydrogens is 222 g/mol. The smallest absolute Gasteiger partial charge is 0.0991 e. The number of nitrogens with zero attached hydrogens (tertiary/aromatic N) is 2. The van der Waals surface area contributed by atoms with E-state index < -0.39 is 0 Å². The molecular formula is C15H21N3. The van der Waals surface area contributed by atoms with E-state index in [0.717, 1.165) is 12.2 Å². The fourth-order valence-electron chi connectivity index (χ4n) is 2.08. The minimum atomic E-state index is 0.715. The van der Waals surface area contributed by atoms with Gasteiger partial charge in [0, 0.05) is 30.3 Å². The van der Waals surface area contributed by atoms with Crippen molar-refractivity contribution in [1.82, 2.24) is 9.55 Å². The van der Waals surface area contributed by atoms with Crippen LogP contribution in [-0.2, 0) is 0 Å². The van der Waals surface area contributed by atoms with Gasteiger partial charge in [-0.2, -0.15) is 0 Å². The molecule has 3 heteroatoms. The summed E-state index contributed by atoms with van der Waals surface area (Å²) in [6.07, 6.45) is 8.09. The maximum atomic E-state index is 4.07. The van der Waals surface area contributed by atoms with Crippen LogP contribution in [0.2, 0.25) is 0 Å². The summed E-state index contributed by atoms with van der Waals surface area (Å²) in [5.74, 6) is 0.715. The second-order valence-corrected chi connectivity index (χ2v) is 4.80. The lowest BCUT2D eigenvalue weighted by atomic mass is 10.1. The number of aromatic nitrogens is 2. The average molecular weight is 243 g/mol. The first-order valence-corrected chi connectivity index (χ1v) is 6.62. The monoisotopic (exact) mass is 243 g/mol. The zero-order valence-corrected chi connectivity index (χ0v) is 11.1. The van der Waals surface area contributed by atoms with E-state index in [1.54, 1.807) is 6.20 Å². The van der Waals surface area contributed by atoms with Crippen molar-refractivity contribution < 1.29 is 0 Å². The maximum absolute atomic E-state index is 4.07. The molecule has 0 fully saturated rings. The Kier molecular flexibility index (Phi) is 4.40. The van der Waals surface area contributed by atoms with E-state index in [0.29, 0.717) is 5.92 Å². The van der Waals surface area contributed by atoms with Gasteiger partial charge in [0.15, 0.2) is 0 Å². The van der Waals surface area contributed by atoms with Gasteiger partial charge >= 0.3 is 0 Å². The standard InChI is InChI=1S/C15H21N3/c1-3-5-13(2)11-17-14-6-4-7-15(10-14)18-9-8-16-12-18/h4,6-10,12-13,17H,3,5,11H2,1-2H3. The van der Waals surface area contributed by atoms with Crippen molar-refractivity contribution in [3.8, 4) is 5.69 Å². The molecule has 2 rings (SSSR count). The topological polar surface area (TPSA) is 29.9 Å². The molecule has 3 nitrogen and oxygen atoms in total. The predicted molar refractivity (Wildman–Crippen MR) is 76.1 cm³/mol. The lowest BCUT2D eigenvalue weighted by Gasteiger charge is -2.13. The molecule has 1 aromatic heterocycles. The minimum absolute atomic E-state index is 0.715. The van der Waals surface area contributed by atoms with Gasteiger partial charge in [0.2, 0.25) is 0 Å². The van der Waals surface area contributed by atoms with Gasteiger partial charge in [-0.05, 0) is 30.5 Å². The van der Waals surface area contributed by atoms with Crippen LogP contribution in [0.3, 0.4) is 0 Å². The van der Waals surface area contributed by atoms with Gasteiger partial charge in [0.1, 0.15) is 0 Å². The number of imidazole rings is 1. The molecule has 0 bridgehead atoms. The molecule has 1 aromatic carbocycles. The van der Waals surface area contributed by atoms with Crippen molar-refractivity contribution in [3.05, 3.63) is 43.0 Å². The van der Waals surface area contributed by atoms with Crippen LogP contribution >= 0.6 is 0 Å². The van der Waals surface area contributed by atoms with Crippen LogP contribution < -0.4 is 5.32 Å². The third-order valence-electron chi connectivity index (χ3n) is 3.08. The molecule has 0 saturated carbocycles.